The summed E-state index contributed by atoms with van der Waals surface area (Å²) in [5.74, 6) is 0.498. The molecule has 190 valence electrons. The highest BCUT2D eigenvalue weighted by Gasteiger charge is 2.09. The van der Waals surface area contributed by atoms with Crippen LogP contribution < -0.4 is 0 Å². The van der Waals surface area contributed by atoms with Crippen LogP contribution in [-0.4, -0.2) is 104 Å². The summed E-state index contributed by atoms with van der Waals surface area (Å²) in [6.07, 6.45) is 1.79. The van der Waals surface area contributed by atoms with Crippen LogP contribution in [0.2, 0.25) is 0 Å². The van der Waals surface area contributed by atoms with E-state index in [0.717, 1.165) is 6.42 Å². The molecule has 0 aliphatic heterocycles. The molecule has 32 heavy (non-hydrogen) atoms. The van der Waals surface area contributed by atoms with Gasteiger partial charge in [-0.15, -0.1) is 0 Å². The average molecular weight is 465 g/mol. The lowest BCUT2D eigenvalue weighted by Gasteiger charge is -2.09. The van der Waals surface area contributed by atoms with Crippen molar-refractivity contribution in [3.05, 3.63) is 0 Å². The van der Waals surface area contributed by atoms with Crippen molar-refractivity contribution < 1.29 is 42.7 Å². The molecule has 0 fully saturated rings. The van der Waals surface area contributed by atoms with Crippen molar-refractivity contribution in [1.82, 2.24) is 0 Å². The van der Waals surface area contributed by atoms with Crippen molar-refractivity contribution >= 4 is 11.6 Å². The number of hydrogen-bond donors (Lipinski definition) is 0. The molecule has 0 aliphatic rings. The van der Waals surface area contributed by atoms with E-state index in [2.05, 4.69) is 0 Å². The van der Waals surface area contributed by atoms with Crippen LogP contribution in [0.1, 0.15) is 40.0 Å². The van der Waals surface area contributed by atoms with E-state index in [1.807, 2.05) is 13.8 Å². The van der Waals surface area contributed by atoms with E-state index in [4.69, 9.17) is 33.2 Å². The summed E-state index contributed by atoms with van der Waals surface area (Å²) in [6, 6.07) is 0. The molecular weight excluding hydrogens is 420 g/mol. The van der Waals surface area contributed by atoms with Crippen LogP contribution in [-0.2, 0) is 42.7 Å². The van der Waals surface area contributed by atoms with Crippen LogP contribution >= 0.6 is 0 Å². The van der Waals surface area contributed by atoms with Gasteiger partial charge in [-0.1, -0.05) is 13.8 Å². The first-order valence-electron chi connectivity index (χ1n) is 11.6. The van der Waals surface area contributed by atoms with Gasteiger partial charge in [0.05, 0.1) is 92.5 Å². The van der Waals surface area contributed by atoms with Gasteiger partial charge in [0.15, 0.2) is 0 Å². The smallest absolute Gasteiger partial charge is 0.137 e. The monoisotopic (exact) mass is 464 g/mol. The average Bonchev–Trinajstić information content (AvgIpc) is 2.78. The predicted octanol–water partition coefficient (Wildman–Crippen LogP) is 2.09. The minimum Gasteiger partial charge on any atom is -0.379 e. The molecule has 1 unspecified atom stereocenters. The number of hydrogen-bond acceptors (Lipinski definition) is 9. The van der Waals surface area contributed by atoms with Crippen LogP contribution in [0.4, 0.5) is 0 Å². The first kappa shape index (κ1) is 31.1. The largest absolute Gasteiger partial charge is 0.379 e. The maximum Gasteiger partial charge on any atom is 0.137 e. The Hall–Kier alpha value is -0.940. The van der Waals surface area contributed by atoms with Crippen molar-refractivity contribution in [3.8, 4) is 0 Å². The quantitative estimate of drug-likeness (QED) is 0.178. The Morgan fingerprint density at radius 2 is 0.812 bits per heavy atom. The van der Waals surface area contributed by atoms with Crippen LogP contribution in [0, 0.1) is 5.92 Å². The minimum absolute atomic E-state index is 0.116. The maximum atomic E-state index is 11.6. The lowest BCUT2D eigenvalue weighted by atomic mass is 10.0. The van der Waals surface area contributed by atoms with Gasteiger partial charge >= 0.3 is 0 Å². The van der Waals surface area contributed by atoms with Crippen molar-refractivity contribution in [2.45, 2.75) is 40.0 Å². The fourth-order valence-electron chi connectivity index (χ4n) is 2.28. The number of ketones is 2. The number of carbonyl (C=O) groups excluding carboxylic acids is 2. The number of Topliss-reactive ketones (excluding diaryl/α,β-unsaturated/α-hetero) is 2. The van der Waals surface area contributed by atoms with Gasteiger partial charge in [0.25, 0.3) is 0 Å². The highest BCUT2D eigenvalue weighted by Crippen LogP contribution is 2.04. The topological polar surface area (TPSA) is 98.8 Å². The first-order chi connectivity index (χ1) is 15.6. The molecule has 0 aromatic heterocycles. The molecule has 0 N–H and O–H groups in total. The van der Waals surface area contributed by atoms with E-state index in [1.165, 1.54) is 0 Å². The summed E-state index contributed by atoms with van der Waals surface area (Å²) in [6.45, 7) is 12.4. The van der Waals surface area contributed by atoms with Crippen molar-refractivity contribution in [2.24, 2.45) is 5.92 Å². The lowest BCUT2D eigenvalue weighted by Crippen LogP contribution is -2.15. The van der Waals surface area contributed by atoms with Gasteiger partial charge in [0, 0.05) is 18.8 Å². The predicted molar refractivity (Wildman–Crippen MR) is 120 cm³/mol. The zero-order chi connectivity index (χ0) is 23.7. The van der Waals surface area contributed by atoms with Gasteiger partial charge in [0.2, 0.25) is 0 Å². The molecule has 0 saturated heterocycles. The third-order valence-electron chi connectivity index (χ3n) is 4.49. The third kappa shape index (κ3) is 23.7. The Labute approximate surface area is 193 Å². The number of carbonyl (C=O) groups is 2. The summed E-state index contributed by atoms with van der Waals surface area (Å²) in [5.41, 5.74) is 0. The molecule has 0 spiro atoms. The maximum absolute atomic E-state index is 11.6. The number of rotatable bonds is 26. The lowest BCUT2D eigenvalue weighted by molar-refractivity contribution is -0.123. The molecule has 0 radical (unpaired) electrons. The molecule has 0 bridgehead atoms. The second kappa shape index (κ2) is 24.7. The molecule has 0 aromatic rings. The molecule has 0 heterocycles. The fourth-order valence-corrected chi connectivity index (χ4v) is 2.28. The summed E-state index contributed by atoms with van der Waals surface area (Å²) >= 11 is 0. The Balaban J connectivity index is 3.09. The summed E-state index contributed by atoms with van der Waals surface area (Å²) in [5, 5.41) is 0. The van der Waals surface area contributed by atoms with Gasteiger partial charge in [-0.3, -0.25) is 9.59 Å². The van der Waals surface area contributed by atoms with E-state index < -0.39 is 0 Å². The summed E-state index contributed by atoms with van der Waals surface area (Å²) in [4.78, 5) is 22.4. The van der Waals surface area contributed by atoms with E-state index in [9.17, 15) is 9.59 Å². The molecule has 0 amide bonds. The van der Waals surface area contributed by atoms with Crippen molar-refractivity contribution in [1.29, 1.82) is 0 Å². The highest BCUT2D eigenvalue weighted by atomic mass is 16.6. The van der Waals surface area contributed by atoms with Crippen molar-refractivity contribution in [2.75, 3.05) is 92.5 Å². The standard InChI is InChI=1S/C23H44O9/c1-4-21(2)23(25)6-8-27-10-12-29-14-16-31-18-20-32-19-17-30-15-13-28-11-9-26-7-5-22(3)24/h21H,4-20H2,1-3H3. The van der Waals surface area contributed by atoms with Crippen molar-refractivity contribution in [3.63, 3.8) is 0 Å². The summed E-state index contributed by atoms with van der Waals surface area (Å²) in [7, 11) is 0. The molecular formula is C23H44O9. The van der Waals surface area contributed by atoms with Crippen LogP contribution in [0.5, 0.6) is 0 Å². The SMILES string of the molecule is CCC(C)C(=O)CCOCCOCCOCCOCCOCCOCCOCCC(C)=O. The summed E-state index contributed by atoms with van der Waals surface area (Å²) < 4.78 is 37.6. The van der Waals surface area contributed by atoms with E-state index in [0.29, 0.717) is 105 Å². The Morgan fingerprint density at radius 1 is 0.531 bits per heavy atom. The van der Waals surface area contributed by atoms with Gasteiger partial charge in [-0.05, 0) is 13.3 Å². The van der Waals surface area contributed by atoms with Gasteiger partial charge in [-0.2, -0.15) is 0 Å². The molecule has 0 rings (SSSR count). The van der Waals surface area contributed by atoms with Gasteiger partial charge in [-0.25, -0.2) is 0 Å². The Kier molecular flexibility index (Phi) is 24.0. The first-order valence-corrected chi connectivity index (χ1v) is 11.6. The molecule has 9 nitrogen and oxygen atoms in total. The second-order valence-corrected chi connectivity index (χ2v) is 7.26. The fraction of sp³-hybridized carbons (Fsp3) is 0.913. The Bertz CT molecular complexity index is 432. The molecule has 9 heteroatoms. The third-order valence-corrected chi connectivity index (χ3v) is 4.49. The zero-order valence-electron chi connectivity index (χ0n) is 20.3. The van der Waals surface area contributed by atoms with E-state index >= 15 is 0 Å². The Morgan fingerprint density at radius 3 is 1.09 bits per heavy atom. The molecule has 0 aliphatic carbocycles. The minimum atomic E-state index is 0.116. The zero-order valence-corrected chi connectivity index (χ0v) is 20.3. The van der Waals surface area contributed by atoms with Gasteiger partial charge in [0.1, 0.15) is 11.6 Å². The van der Waals surface area contributed by atoms with Gasteiger partial charge < -0.3 is 33.2 Å². The normalized spacial score (nSPS) is 12.2. The molecule has 0 aromatic carbocycles. The van der Waals surface area contributed by atoms with Crippen LogP contribution in [0.3, 0.4) is 0 Å². The highest BCUT2D eigenvalue weighted by molar-refractivity contribution is 5.80. The van der Waals surface area contributed by atoms with Crippen LogP contribution in [0.15, 0.2) is 0 Å². The molecule has 0 saturated carbocycles. The molecule has 1 atom stereocenters. The second-order valence-electron chi connectivity index (χ2n) is 7.26. The van der Waals surface area contributed by atoms with E-state index in [-0.39, 0.29) is 17.5 Å². The van der Waals surface area contributed by atoms with Crippen LogP contribution in [0.25, 0.3) is 0 Å². The number of ether oxygens (including phenoxy) is 7. The van der Waals surface area contributed by atoms with E-state index in [1.54, 1.807) is 6.92 Å².